The van der Waals surface area contributed by atoms with Gasteiger partial charge in [0.25, 0.3) is 5.91 Å². The van der Waals surface area contributed by atoms with Crippen LogP contribution in [0.4, 0.5) is 0 Å². The van der Waals surface area contributed by atoms with Gasteiger partial charge in [0.1, 0.15) is 0 Å². The third-order valence-corrected chi connectivity index (χ3v) is 7.41. The van der Waals surface area contributed by atoms with Crippen molar-refractivity contribution in [3.05, 3.63) is 29.8 Å². The van der Waals surface area contributed by atoms with E-state index < -0.39 is 0 Å². The highest BCUT2D eigenvalue weighted by Crippen LogP contribution is 2.63. The van der Waals surface area contributed by atoms with Gasteiger partial charge in [0.15, 0.2) is 0 Å². The minimum absolute atomic E-state index is 0.198. The van der Waals surface area contributed by atoms with E-state index in [0.29, 0.717) is 11.3 Å². The summed E-state index contributed by atoms with van der Waals surface area (Å²) in [7, 11) is 0. The van der Waals surface area contributed by atoms with Crippen LogP contribution in [-0.4, -0.2) is 67.9 Å². The SMILES string of the molecule is CSc1ccc(C(=O)N2C[C@@H]3C(C)(C)C[C@]3(CN3CCOCC3)C2)cc1. The zero-order valence-corrected chi connectivity index (χ0v) is 17.0. The van der Waals surface area contributed by atoms with Crippen molar-refractivity contribution in [1.29, 1.82) is 0 Å². The molecule has 1 amide bonds. The predicted molar refractivity (Wildman–Crippen MR) is 106 cm³/mol. The van der Waals surface area contributed by atoms with Gasteiger partial charge in [-0.3, -0.25) is 9.69 Å². The summed E-state index contributed by atoms with van der Waals surface area (Å²) < 4.78 is 5.51. The number of carbonyl (C=O) groups is 1. The average molecular weight is 375 g/mol. The highest BCUT2D eigenvalue weighted by molar-refractivity contribution is 7.98. The average Bonchev–Trinajstić information content (AvgIpc) is 2.96. The minimum atomic E-state index is 0.198. The Hall–Kier alpha value is -1.04. The Kier molecular flexibility index (Phi) is 4.82. The van der Waals surface area contributed by atoms with E-state index in [1.807, 2.05) is 12.1 Å². The molecule has 0 bridgehead atoms. The van der Waals surface area contributed by atoms with E-state index in [4.69, 9.17) is 4.74 Å². The summed E-state index contributed by atoms with van der Waals surface area (Å²) in [6.45, 7) is 11.4. The van der Waals surface area contributed by atoms with Crippen molar-refractivity contribution in [2.24, 2.45) is 16.7 Å². The number of carbonyl (C=O) groups excluding carboxylic acids is 1. The van der Waals surface area contributed by atoms with E-state index in [9.17, 15) is 4.79 Å². The molecule has 26 heavy (non-hydrogen) atoms. The molecule has 0 N–H and O–H groups in total. The van der Waals surface area contributed by atoms with Crippen LogP contribution in [0.2, 0.25) is 0 Å². The molecular weight excluding hydrogens is 344 g/mol. The normalized spacial score (nSPS) is 30.7. The van der Waals surface area contributed by atoms with Gasteiger partial charge in [0.05, 0.1) is 13.2 Å². The first-order valence-electron chi connectivity index (χ1n) is 9.67. The Morgan fingerprint density at radius 2 is 1.92 bits per heavy atom. The molecule has 1 aliphatic carbocycles. The van der Waals surface area contributed by atoms with Gasteiger partial charge in [-0.05, 0) is 48.3 Å². The third-order valence-electron chi connectivity index (χ3n) is 6.67. The molecule has 5 heteroatoms. The van der Waals surface area contributed by atoms with Gasteiger partial charge in [-0.2, -0.15) is 0 Å². The molecule has 2 aliphatic heterocycles. The van der Waals surface area contributed by atoms with Gasteiger partial charge >= 0.3 is 0 Å². The molecule has 0 spiro atoms. The van der Waals surface area contributed by atoms with Crippen molar-refractivity contribution in [2.45, 2.75) is 25.2 Å². The quantitative estimate of drug-likeness (QED) is 0.758. The molecule has 4 nitrogen and oxygen atoms in total. The number of hydrogen-bond donors (Lipinski definition) is 0. The molecule has 142 valence electrons. The lowest BCUT2D eigenvalue weighted by molar-refractivity contribution is -0.0966. The molecule has 0 radical (unpaired) electrons. The number of benzene rings is 1. The fourth-order valence-corrected chi connectivity index (χ4v) is 6.02. The molecular formula is C21H30N2O2S. The Labute approximate surface area is 161 Å². The molecule has 0 unspecified atom stereocenters. The largest absolute Gasteiger partial charge is 0.379 e. The molecule has 1 saturated carbocycles. The molecule has 3 aliphatic rings. The lowest BCUT2D eigenvalue weighted by Gasteiger charge is -2.58. The number of morpholine rings is 1. The number of hydrogen-bond acceptors (Lipinski definition) is 4. The second-order valence-corrected chi connectivity index (χ2v) is 9.76. The van der Waals surface area contributed by atoms with Gasteiger partial charge in [0.2, 0.25) is 0 Å². The monoisotopic (exact) mass is 374 g/mol. The summed E-state index contributed by atoms with van der Waals surface area (Å²) >= 11 is 1.71. The maximum absolute atomic E-state index is 13.1. The standard InChI is InChI=1S/C21H30N2O2S/c1-20(2)13-21(14-22-8-10-25-11-9-22)15-23(12-18(20)21)19(24)16-4-6-17(26-3)7-5-16/h4-7,18H,8-15H2,1-3H3/t18-,21+/m1/s1. The van der Waals surface area contributed by atoms with Crippen LogP contribution in [0.25, 0.3) is 0 Å². The maximum atomic E-state index is 13.1. The van der Waals surface area contributed by atoms with E-state index in [-0.39, 0.29) is 11.3 Å². The van der Waals surface area contributed by atoms with E-state index in [1.165, 1.54) is 11.3 Å². The lowest BCUT2D eigenvalue weighted by atomic mass is 9.48. The number of rotatable bonds is 4. The van der Waals surface area contributed by atoms with Crippen molar-refractivity contribution in [2.75, 3.05) is 52.2 Å². The number of thioether (sulfide) groups is 1. The van der Waals surface area contributed by atoms with Crippen LogP contribution in [0.5, 0.6) is 0 Å². The van der Waals surface area contributed by atoms with Gasteiger partial charge in [-0.15, -0.1) is 11.8 Å². The predicted octanol–water partition coefficient (Wildman–Crippen LogP) is 3.23. The summed E-state index contributed by atoms with van der Waals surface area (Å²) in [6, 6.07) is 8.06. The first-order chi connectivity index (χ1) is 12.4. The van der Waals surface area contributed by atoms with Crippen molar-refractivity contribution in [3.63, 3.8) is 0 Å². The van der Waals surface area contributed by atoms with Gasteiger partial charge in [-0.25, -0.2) is 0 Å². The number of amides is 1. The summed E-state index contributed by atoms with van der Waals surface area (Å²) in [6.07, 6.45) is 3.28. The molecule has 2 saturated heterocycles. The van der Waals surface area contributed by atoms with Gasteiger partial charge in [-0.1, -0.05) is 13.8 Å². The summed E-state index contributed by atoms with van der Waals surface area (Å²) in [4.78, 5) is 19.0. The van der Waals surface area contributed by atoms with Crippen LogP contribution in [0.15, 0.2) is 29.2 Å². The van der Waals surface area contributed by atoms with E-state index >= 15 is 0 Å². The highest BCUT2D eigenvalue weighted by atomic mass is 32.2. The number of ether oxygens (including phenoxy) is 1. The van der Waals surface area contributed by atoms with Crippen molar-refractivity contribution < 1.29 is 9.53 Å². The Morgan fingerprint density at radius 1 is 1.23 bits per heavy atom. The summed E-state index contributed by atoms with van der Waals surface area (Å²) in [5.41, 5.74) is 1.43. The minimum Gasteiger partial charge on any atom is -0.379 e. The number of nitrogens with zero attached hydrogens (tertiary/aromatic N) is 2. The zero-order valence-electron chi connectivity index (χ0n) is 16.2. The van der Waals surface area contributed by atoms with Crippen molar-refractivity contribution >= 4 is 17.7 Å². The van der Waals surface area contributed by atoms with Gasteiger partial charge in [0, 0.05) is 48.6 Å². The Bertz CT molecular complexity index is 669. The molecule has 4 rings (SSSR count). The lowest BCUT2D eigenvalue weighted by Crippen LogP contribution is -2.59. The van der Waals surface area contributed by atoms with Crippen LogP contribution in [0, 0.1) is 16.7 Å². The molecule has 2 atom stereocenters. The number of fused-ring (bicyclic) bond motifs is 1. The zero-order chi connectivity index (χ0) is 18.4. The van der Waals surface area contributed by atoms with Gasteiger partial charge < -0.3 is 9.64 Å². The topological polar surface area (TPSA) is 32.8 Å². The van der Waals surface area contributed by atoms with Crippen LogP contribution in [0.3, 0.4) is 0 Å². The fourth-order valence-electron chi connectivity index (χ4n) is 5.62. The third kappa shape index (κ3) is 3.19. The second-order valence-electron chi connectivity index (χ2n) is 8.88. The molecule has 1 aromatic rings. The van der Waals surface area contributed by atoms with E-state index in [1.54, 1.807) is 11.8 Å². The van der Waals surface area contributed by atoms with Crippen LogP contribution < -0.4 is 0 Å². The van der Waals surface area contributed by atoms with Crippen LogP contribution in [0.1, 0.15) is 30.6 Å². The van der Waals surface area contributed by atoms with Crippen molar-refractivity contribution in [3.8, 4) is 0 Å². The van der Waals surface area contributed by atoms with E-state index in [2.05, 4.69) is 42.0 Å². The smallest absolute Gasteiger partial charge is 0.253 e. The molecule has 1 aromatic carbocycles. The first kappa shape index (κ1) is 18.3. The molecule has 0 aromatic heterocycles. The van der Waals surface area contributed by atoms with Crippen molar-refractivity contribution in [1.82, 2.24) is 9.80 Å². The number of likely N-dealkylation sites (tertiary alicyclic amines) is 1. The maximum Gasteiger partial charge on any atom is 0.253 e. The van der Waals surface area contributed by atoms with E-state index in [0.717, 1.165) is 51.5 Å². The van der Waals surface area contributed by atoms with Crippen LogP contribution >= 0.6 is 11.8 Å². The fraction of sp³-hybridized carbons (Fsp3) is 0.667. The second kappa shape index (κ2) is 6.84. The van der Waals surface area contributed by atoms with Crippen LogP contribution in [-0.2, 0) is 4.74 Å². The highest BCUT2D eigenvalue weighted by Gasteiger charge is 2.63. The Morgan fingerprint density at radius 3 is 2.54 bits per heavy atom. The Balaban J connectivity index is 1.49. The summed E-state index contributed by atoms with van der Waals surface area (Å²) in [5, 5.41) is 0. The summed E-state index contributed by atoms with van der Waals surface area (Å²) in [5.74, 6) is 0.802. The molecule has 2 heterocycles. The molecule has 3 fully saturated rings. The first-order valence-corrected chi connectivity index (χ1v) is 10.9.